The molecular formula is C27H34N4O3. The maximum atomic E-state index is 13.0. The minimum Gasteiger partial charge on any atom is -0.493 e. The summed E-state index contributed by atoms with van der Waals surface area (Å²) in [7, 11) is 0. The molecule has 0 bridgehead atoms. The normalized spacial score (nSPS) is 14.2. The van der Waals surface area contributed by atoms with E-state index in [1.807, 2.05) is 58.3 Å². The predicted octanol–water partition coefficient (Wildman–Crippen LogP) is 4.78. The van der Waals surface area contributed by atoms with E-state index in [-0.39, 0.29) is 11.8 Å². The van der Waals surface area contributed by atoms with Crippen molar-refractivity contribution in [1.82, 2.24) is 10.2 Å². The van der Waals surface area contributed by atoms with Crippen LogP contribution in [0.2, 0.25) is 0 Å². The summed E-state index contributed by atoms with van der Waals surface area (Å²) in [6.45, 7) is 4.43. The molecule has 0 aromatic heterocycles. The van der Waals surface area contributed by atoms with Crippen LogP contribution in [-0.4, -0.2) is 42.4 Å². The second-order valence-electron chi connectivity index (χ2n) is 8.84. The number of benzene rings is 2. The third kappa shape index (κ3) is 5.95. The zero-order valence-corrected chi connectivity index (χ0v) is 20.0. The average Bonchev–Trinajstić information content (AvgIpc) is 3.21. The molecular weight excluding hydrogens is 428 g/mol. The number of guanidine groups is 1. The number of nitrogens with one attached hydrogen (secondary N) is 1. The van der Waals surface area contributed by atoms with Gasteiger partial charge >= 0.3 is 0 Å². The summed E-state index contributed by atoms with van der Waals surface area (Å²) < 4.78 is 6.07. The molecule has 0 spiro atoms. The molecule has 2 heterocycles. The van der Waals surface area contributed by atoms with Gasteiger partial charge in [0.2, 0.25) is 17.8 Å². The molecule has 0 saturated carbocycles. The maximum absolute atomic E-state index is 13.0. The van der Waals surface area contributed by atoms with Crippen molar-refractivity contribution in [3.8, 4) is 5.75 Å². The summed E-state index contributed by atoms with van der Waals surface area (Å²) in [4.78, 5) is 33.1. The van der Waals surface area contributed by atoms with Crippen molar-refractivity contribution >= 4 is 29.1 Å². The first kappa shape index (κ1) is 23.8. The average molecular weight is 463 g/mol. The minimum absolute atomic E-state index is 0.0337. The summed E-state index contributed by atoms with van der Waals surface area (Å²) in [6, 6.07) is 15.8. The Morgan fingerprint density at radius 2 is 1.88 bits per heavy atom. The number of fused-ring (bicyclic) bond motifs is 2. The number of hydrogen-bond acceptors (Lipinski definition) is 5. The van der Waals surface area contributed by atoms with Crippen LogP contribution >= 0.6 is 0 Å². The zero-order chi connectivity index (χ0) is 23.8. The highest BCUT2D eigenvalue weighted by Gasteiger charge is 2.30. The van der Waals surface area contributed by atoms with Gasteiger partial charge in [-0.05, 0) is 43.5 Å². The van der Waals surface area contributed by atoms with Crippen LogP contribution in [0.4, 0.5) is 11.4 Å². The topological polar surface area (TPSA) is 74.2 Å². The third-order valence-corrected chi connectivity index (χ3v) is 6.22. The van der Waals surface area contributed by atoms with Gasteiger partial charge in [0.1, 0.15) is 12.3 Å². The van der Waals surface area contributed by atoms with Gasteiger partial charge in [0, 0.05) is 24.2 Å². The van der Waals surface area contributed by atoms with Gasteiger partial charge in [0.15, 0.2) is 0 Å². The van der Waals surface area contributed by atoms with Crippen LogP contribution in [0.1, 0.15) is 57.4 Å². The SMILES string of the molecule is CCCCCCN(C(=O)CCCCOc1cccc2c1CN1CC(=O)NC1=N2)c1ccccc1. The summed E-state index contributed by atoms with van der Waals surface area (Å²) in [6.07, 6.45) is 6.65. The first-order valence-electron chi connectivity index (χ1n) is 12.4. The maximum Gasteiger partial charge on any atom is 0.246 e. The van der Waals surface area contributed by atoms with Gasteiger partial charge in [-0.15, -0.1) is 0 Å². The molecule has 2 aliphatic heterocycles. The Balaban J connectivity index is 1.26. The number of unbranched alkanes of at least 4 members (excludes halogenated alkanes) is 4. The lowest BCUT2D eigenvalue weighted by Gasteiger charge is -2.24. The molecule has 0 unspecified atom stereocenters. The number of rotatable bonds is 12. The van der Waals surface area contributed by atoms with E-state index in [1.54, 1.807) is 0 Å². The molecule has 180 valence electrons. The lowest BCUT2D eigenvalue weighted by atomic mass is 10.1. The van der Waals surface area contributed by atoms with Crippen LogP contribution in [0.15, 0.2) is 53.5 Å². The van der Waals surface area contributed by atoms with Crippen LogP contribution in [0.3, 0.4) is 0 Å². The van der Waals surface area contributed by atoms with Gasteiger partial charge < -0.3 is 14.5 Å². The Hall–Kier alpha value is -3.35. The molecule has 1 N–H and O–H groups in total. The minimum atomic E-state index is -0.0337. The Bertz CT molecular complexity index is 1020. The van der Waals surface area contributed by atoms with Gasteiger partial charge in [-0.3, -0.25) is 14.9 Å². The van der Waals surface area contributed by atoms with Gasteiger partial charge in [0.05, 0.1) is 18.8 Å². The number of ether oxygens (including phenoxy) is 1. The highest BCUT2D eigenvalue weighted by molar-refractivity contribution is 6.06. The molecule has 0 aliphatic carbocycles. The van der Waals surface area contributed by atoms with Crippen molar-refractivity contribution in [3.05, 3.63) is 54.1 Å². The van der Waals surface area contributed by atoms with E-state index in [4.69, 9.17) is 4.74 Å². The molecule has 2 aliphatic rings. The molecule has 1 fully saturated rings. The van der Waals surface area contributed by atoms with E-state index in [0.717, 1.165) is 54.9 Å². The van der Waals surface area contributed by atoms with Crippen LogP contribution in [0.5, 0.6) is 5.75 Å². The first-order valence-corrected chi connectivity index (χ1v) is 12.4. The van der Waals surface area contributed by atoms with Crippen LogP contribution in [0.25, 0.3) is 0 Å². The fraction of sp³-hybridized carbons (Fsp3) is 0.444. The Morgan fingerprint density at radius 1 is 1.03 bits per heavy atom. The van der Waals surface area contributed by atoms with Crippen LogP contribution in [0, 0.1) is 0 Å². The number of nitrogens with zero attached hydrogens (tertiary/aromatic N) is 3. The van der Waals surface area contributed by atoms with Crippen molar-refractivity contribution in [3.63, 3.8) is 0 Å². The second kappa shape index (κ2) is 11.7. The second-order valence-corrected chi connectivity index (χ2v) is 8.84. The number of aliphatic imine (C=N–C) groups is 1. The highest BCUT2D eigenvalue weighted by Crippen LogP contribution is 2.34. The smallest absolute Gasteiger partial charge is 0.246 e. The van der Waals surface area contributed by atoms with E-state index in [2.05, 4.69) is 17.2 Å². The van der Waals surface area contributed by atoms with Crippen molar-refractivity contribution < 1.29 is 14.3 Å². The van der Waals surface area contributed by atoms with Gasteiger partial charge in [-0.25, -0.2) is 4.99 Å². The van der Waals surface area contributed by atoms with Crippen molar-refractivity contribution in [2.24, 2.45) is 4.99 Å². The van der Waals surface area contributed by atoms with E-state index in [9.17, 15) is 9.59 Å². The number of para-hydroxylation sites is 1. The van der Waals surface area contributed by atoms with Gasteiger partial charge in [-0.1, -0.05) is 50.5 Å². The standard InChI is InChI=1S/C27H34N4O3/c1-2-3-4-9-17-31(21-12-6-5-7-13-21)26(33)16-8-10-18-34-24-15-11-14-23-22(24)19-30-20-25(32)29-27(30)28-23/h5-7,11-15H,2-4,8-10,16-20H2,1H3,(H,28,29,32). The number of carbonyl (C=O) groups is 2. The fourth-order valence-corrected chi connectivity index (χ4v) is 4.38. The summed E-state index contributed by atoms with van der Waals surface area (Å²) >= 11 is 0. The van der Waals surface area contributed by atoms with E-state index >= 15 is 0 Å². The lowest BCUT2D eigenvalue weighted by Crippen LogP contribution is -2.32. The van der Waals surface area contributed by atoms with Gasteiger partial charge in [0.25, 0.3) is 0 Å². The van der Waals surface area contributed by atoms with Crippen molar-refractivity contribution in [1.29, 1.82) is 0 Å². The molecule has 2 aromatic carbocycles. The third-order valence-electron chi connectivity index (χ3n) is 6.22. The van der Waals surface area contributed by atoms with E-state index < -0.39 is 0 Å². The van der Waals surface area contributed by atoms with Crippen LogP contribution < -0.4 is 15.0 Å². The monoisotopic (exact) mass is 462 g/mol. The molecule has 0 radical (unpaired) electrons. The Kier molecular flexibility index (Phi) is 8.17. The molecule has 0 atom stereocenters. The molecule has 2 amide bonds. The fourth-order valence-electron chi connectivity index (χ4n) is 4.38. The molecule has 7 heteroatoms. The summed E-state index contributed by atoms with van der Waals surface area (Å²) in [5, 5.41) is 2.79. The number of amides is 2. The summed E-state index contributed by atoms with van der Waals surface area (Å²) in [5.74, 6) is 1.56. The van der Waals surface area contributed by atoms with Gasteiger partial charge in [-0.2, -0.15) is 0 Å². The van der Waals surface area contributed by atoms with E-state index in [1.165, 1.54) is 12.8 Å². The quantitative estimate of drug-likeness (QED) is 0.461. The van der Waals surface area contributed by atoms with Crippen LogP contribution in [-0.2, 0) is 16.1 Å². The largest absolute Gasteiger partial charge is 0.493 e. The highest BCUT2D eigenvalue weighted by atomic mass is 16.5. The van der Waals surface area contributed by atoms with Crippen molar-refractivity contribution in [2.45, 2.75) is 58.4 Å². The number of hydrogen-bond donors (Lipinski definition) is 1. The summed E-state index contributed by atoms with van der Waals surface area (Å²) in [5.41, 5.74) is 2.81. The molecule has 4 rings (SSSR count). The Morgan fingerprint density at radius 3 is 2.71 bits per heavy atom. The van der Waals surface area contributed by atoms with E-state index in [0.29, 0.717) is 32.1 Å². The molecule has 7 nitrogen and oxygen atoms in total. The molecule has 34 heavy (non-hydrogen) atoms. The predicted molar refractivity (Wildman–Crippen MR) is 134 cm³/mol. The number of anilines is 1. The molecule has 1 saturated heterocycles. The first-order chi connectivity index (χ1) is 16.7. The Labute approximate surface area is 201 Å². The van der Waals surface area contributed by atoms with Crippen molar-refractivity contribution in [2.75, 3.05) is 24.6 Å². The lowest BCUT2D eigenvalue weighted by molar-refractivity contribution is -0.119. The zero-order valence-electron chi connectivity index (χ0n) is 20.0. The molecule has 2 aromatic rings. The number of carbonyl (C=O) groups excluding carboxylic acids is 2.